The van der Waals surface area contributed by atoms with Crippen molar-refractivity contribution in [2.75, 3.05) is 23.7 Å². The third kappa shape index (κ3) is 7.28. The zero-order valence-electron chi connectivity index (χ0n) is 18.3. The molecular weight excluding hydrogens is 446 g/mol. The number of aryl methyl sites for hydroxylation is 1. The predicted molar refractivity (Wildman–Crippen MR) is 125 cm³/mol. The summed E-state index contributed by atoms with van der Waals surface area (Å²) >= 11 is 1.26. The normalized spacial score (nSPS) is 13.4. The number of hydrogen-bond acceptors (Lipinski definition) is 6. The second-order valence-corrected chi connectivity index (χ2v) is 8.97. The summed E-state index contributed by atoms with van der Waals surface area (Å²) in [5, 5.41) is 19.1. The van der Waals surface area contributed by atoms with E-state index >= 15 is 0 Å². The van der Waals surface area contributed by atoms with Crippen LogP contribution in [0.25, 0.3) is 0 Å². The van der Waals surface area contributed by atoms with Gasteiger partial charge in [0.15, 0.2) is 10.9 Å². The van der Waals surface area contributed by atoms with Crippen LogP contribution in [-0.2, 0) is 11.2 Å². The number of carbonyl (C=O) groups is 4. The van der Waals surface area contributed by atoms with E-state index in [-0.39, 0.29) is 18.2 Å². The lowest BCUT2D eigenvalue weighted by molar-refractivity contribution is -0.135. The average Bonchev–Trinajstić information content (AvgIpc) is 3.45. The first-order valence-electron chi connectivity index (χ1n) is 10.7. The molecule has 0 atom stereocenters. The molecule has 5 N–H and O–H groups in total. The number of hydrogen-bond donors (Lipinski definition) is 5. The molecule has 0 aliphatic heterocycles. The predicted octanol–water partition coefficient (Wildman–Crippen LogP) is 3.39. The summed E-state index contributed by atoms with van der Waals surface area (Å²) in [6, 6.07) is 4.34. The zero-order valence-corrected chi connectivity index (χ0v) is 19.1. The van der Waals surface area contributed by atoms with Gasteiger partial charge in [-0.15, -0.1) is 11.3 Å². The number of nitrogens with zero attached hydrogens (tertiary/aromatic N) is 1. The van der Waals surface area contributed by atoms with Crippen LogP contribution in [-0.4, -0.2) is 47.0 Å². The molecule has 1 fully saturated rings. The molecule has 2 aromatic rings. The first kappa shape index (κ1) is 24.2. The number of Topliss-reactive ketones (excluding diaryl/α,β-unsaturated/α-hetero) is 1. The van der Waals surface area contributed by atoms with E-state index in [9.17, 15) is 19.2 Å². The van der Waals surface area contributed by atoms with E-state index in [1.807, 2.05) is 19.1 Å². The lowest BCUT2D eigenvalue weighted by atomic mass is 9.94. The summed E-state index contributed by atoms with van der Waals surface area (Å²) in [4.78, 5) is 52.3. The van der Waals surface area contributed by atoms with Crippen molar-refractivity contribution in [1.29, 1.82) is 0 Å². The van der Waals surface area contributed by atoms with Gasteiger partial charge in [0.05, 0.1) is 5.69 Å². The summed E-state index contributed by atoms with van der Waals surface area (Å²) in [5.41, 5.74) is 1.96. The fraction of sp³-hybridized carbons (Fsp3) is 0.409. The second kappa shape index (κ2) is 11.4. The van der Waals surface area contributed by atoms with Crippen LogP contribution in [0.15, 0.2) is 24.4 Å². The molecule has 33 heavy (non-hydrogen) atoms. The van der Waals surface area contributed by atoms with Crippen LogP contribution < -0.4 is 21.3 Å². The number of thiazole rings is 1. The largest absolute Gasteiger partial charge is 0.480 e. The van der Waals surface area contributed by atoms with Crippen molar-refractivity contribution in [3.8, 4) is 0 Å². The Balaban J connectivity index is 1.52. The van der Waals surface area contributed by atoms with E-state index in [1.165, 1.54) is 11.3 Å². The highest BCUT2D eigenvalue weighted by Gasteiger charge is 2.26. The van der Waals surface area contributed by atoms with Gasteiger partial charge in [0.2, 0.25) is 0 Å². The van der Waals surface area contributed by atoms with Gasteiger partial charge in [-0.1, -0.05) is 24.5 Å². The van der Waals surface area contributed by atoms with Crippen molar-refractivity contribution in [3.05, 3.63) is 40.4 Å². The molecule has 0 spiro atoms. The highest BCUT2D eigenvalue weighted by atomic mass is 32.1. The molecule has 1 aliphatic carbocycles. The molecule has 0 unspecified atom stereocenters. The Labute approximate surface area is 195 Å². The maximum Gasteiger partial charge on any atom is 0.325 e. The molecule has 4 amide bonds. The van der Waals surface area contributed by atoms with E-state index < -0.39 is 24.6 Å². The number of benzene rings is 1. The van der Waals surface area contributed by atoms with Crippen molar-refractivity contribution < 1.29 is 24.3 Å². The van der Waals surface area contributed by atoms with Crippen molar-refractivity contribution in [3.63, 3.8) is 0 Å². The summed E-state index contributed by atoms with van der Waals surface area (Å²) in [7, 11) is 0. The maximum atomic E-state index is 12.9. The molecule has 11 heteroatoms. The van der Waals surface area contributed by atoms with Crippen LogP contribution in [0.1, 0.15) is 46.5 Å². The van der Waals surface area contributed by atoms with Gasteiger partial charge >= 0.3 is 18.0 Å². The molecule has 0 saturated heterocycles. The van der Waals surface area contributed by atoms with Gasteiger partial charge < -0.3 is 21.1 Å². The summed E-state index contributed by atoms with van der Waals surface area (Å²) in [6.45, 7) is 1.75. The first-order chi connectivity index (χ1) is 15.8. The number of carbonyl (C=O) groups excluding carboxylic acids is 3. The number of rotatable bonds is 9. The minimum absolute atomic E-state index is 0.0109. The smallest absolute Gasteiger partial charge is 0.325 e. The third-order valence-corrected chi connectivity index (χ3v) is 6.22. The number of aliphatic carboxylic acids is 1. The maximum absolute atomic E-state index is 12.9. The van der Waals surface area contributed by atoms with Crippen LogP contribution in [0.2, 0.25) is 0 Å². The number of anilines is 2. The molecule has 1 aromatic heterocycles. The van der Waals surface area contributed by atoms with Crippen LogP contribution >= 0.6 is 11.3 Å². The van der Waals surface area contributed by atoms with Crippen molar-refractivity contribution in [1.82, 2.24) is 15.6 Å². The molecule has 0 bridgehead atoms. The Kier molecular flexibility index (Phi) is 8.36. The lowest BCUT2D eigenvalue weighted by Gasteiger charge is -2.14. The highest BCUT2D eigenvalue weighted by molar-refractivity contribution is 7.15. The number of nitrogens with one attached hydrogen (secondary N) is 4. The van der Waals surface area contributed by atoms with Crippen molar-refractivity contribution in [2.45, 2.75) is 39.0 Å². The van der Waals surface area contributed by atoms with Gasteiger partial charge in [-0.05, 0) is 31.9 Å². The topological polar surface area (TPSA) is 150 Å². The summed E-state index contributed by atoms with van der Waals surface area (Å²) in [5.74, 6) is -1.04. The SMILES string of the molecule is Cc1ccc(NC(=O)Nc2ncc(CCNC(=O)NCC(=O)O)s2)c(C(=O)C2CCCC2)c1. The Morgan fingerprint density at radius 1 is 1.09 bits per heavy atom. The standard InChI is InChI=1S/C22H27N5O5S/c1-13-6-7-17(16(10-13)19(30)14-4-2-3-5-14)26-21(32)27-22-25-11-15(33-22)8-9-23-20(31)24-12-18(28)29/h6-7,10-11,14H,2-5,8-9,12H2,1H3,(H,28,29)(H2,23,24,31)(H2,25,26,27,32). The van der Waals surface area contributed by atoms with Gasteiger partial charge in [0, 0.05) is 35.5 Å². The highest BCUT2D eigenvalue weighted by Crippen LogP contribution is 2.31. The molecule has 1 aromatic carbocycles. The lowest BCUT2D eigenvalue weighted by Crippen LogP contribution is -2.39. The minimum atomic E-state index is -1.12. The number of ketones is 1. The van der Waals surface area contributed by atoms with Gasteiger partial charge in [-0.25, -0.2) is 14.6 Å². The molecule has 1 aliphatic rings. The number of amides is 4. The van der Waals surface area contributed by atoms with E-state index in [2.05, 4.69) is 26.3 Å². The Hall–Kier alpha value is -3.47. The Bertz CT molecular complexity index is 1030. The zero-order chi connectivity index (χ0) is 23.8. The molecule has 3 rings (SSSR count). The van der Waals surface area contributed by atoms with Crippen LogP contribution in [0.4, 0.5) is 20.4 Å². The fourth-order valence-corrected chi connectivity index (χ4v) is 4.44. The van der Waals surface area contributed by atoms with E-state index in [1.54, 1.807) is 12.3 Å². The van der Waals surface area contributed by atoms with Gasteiger partial charge in [0.1, 0.15) is 6.54 Å². The second-order valence-electron chi connectivity index (χ2n) is 7.86. The average molecular weight is 474 g/mol. The monoisotopic (exact) mass is 473 g/mol. The van der Waals surface area contributed by atoms with Crippen molar-refractivity contribution in [2.24, 2.45) is 5.92 Å². The Morgan fingerprint density at radius 3 is 2.58 bits per heavy atom. The fourth-order valence-electron chi connectivity index (χ4n) is 3.63. The molecule has 176 valence electrons. The van der Waals surface area contributed by atoms with Gasteiger partial charge in [-0.2, -0.15) is 0 Å². The molecule has 1 heterocycles. The van der Waals surface area contributed by atoms with Crippen molar-refractivity contribution >= 4 is 46.0 Å². The summed E-state index contributed by atoms with van der Waals surface area (Å²) < 4.78 is 0. The molecule has 1 saturated carbocycles. The van der Waals surface area contributed by atoms with Gasteiger partial charge in [0.25, 0.3) is 0 Å². The van der Waals surface area contributed by atoms with Crippen LogP contribution in [0, 0.1) is 12.8 Å². The molecule has 10 nitrogen and oxygen atoms in total. The van der Waals surface area contributed by atoms with E-state index in [4.69, 9.17) is 5.11 Å². The number of carboxylic acid groups (broad SMARTS) is 1. The van der Waals surface area contributed by atoms with Gasteiger partial charge in [-0.3, -0.25) is 14.9 Å². The van der Waals surface area contributed by atoms with Crippen LogP contribution in [0.3, 0.4) is 0 Å². The van der Waals surface area contributed by atoms with E-state index in [0.717, 1.165) is 36.1 Å². The Morgan fingerprint density at radius 2 is 1.85 bits per heavy atom. The van der Waals surface area contributed by atoms with Crippen LogP contribution in [0.5, 0.6) is 0 Å². The number of carboxylic acids is 1. The number of urea groups is 2. The summed E-state index contributed by atoms with van der Waals surface area (Å²) in [6.07, 6.45) is 5.95. The first-order valence-corrected chi connectivity index (χ1v) is 11.5. The third-order valence-electron chi connectivity index (χ3n) is 5.25. The molecular formula is C22H27N5O5S. The van der Waals surface area contributed by atoms with E-state index in [0.29, 0.717) is 22.8 Å². The molecule has 0 radical (unpaired) electrons. The quantitative estimate of drug-likeness (QED) is 0.352. The number of aromatic nitrogens is 1. The minimum Gasteiger partial charge on any atom is -0.480 e.